The first-order chi connectivity index (χ1) is 15.1. The number of carbonyl (C=O) groups is 2. The van der Waals surface area contributed by atoms with Crippen LogP contribution in [0.3, 0.4) is 0 Å². The molecule has 4 rings (SSSR count). The first kappa shape index (κ1) is 20.1. The van der Waals surface area contributed by atoms with Gasteiger partial charge in [-0.25, -0.2) is 9.78 Å². The number of benzene rings is 2. The zero-order valence-corrected chi connectivity index (χ0v) is 16.6. The van der Waals surface area contributed by atoms with Crippen LogP contribution in [-0.4, -0.2) is 33.0 Å². The van der Waals surface area contributed by atoms with Crippen LogP contribution in [-0.2, 0) is 6.42 Å². The lowest BCUT2D eigenvalue weighted by Crippen LogP contribution is -2.22. The van der Waals surface area contributed by atoms with Crippen molar-refractivity contribution < 1.29 is 14.7 Å². The molecule has 0 spiro atoms. The molecule has 2 aromatic heterocycles. The van der Waals surface area contributed by atoms with Crippen LogP contribution in [0.2, 0.25) is 0 Å². The van der Waals surface area contributed by atoms with Crippen LogP contribution >= 0.6 is 0 Å². The number of rotatable bonds is 6. The molecule has 0 saturated carbocycles. The summed E-state index contributed by atoms with van der Waals surface area (Å²) in [6.45, 7) is -0.140. The molecule has 0 aliphatic carbocycles. The maximum absolute atomic E-state index is 12.8. The third-order valence-electron chi connectivity index (χ3n) is 4.91. The van der Waals surface area contributed by atoms with Crippen LogP contribution in [0.4, 0.5) is 16.3 Å². The van der Waals surface area contributed by atoms with Crippen LogP contribution in [0.25, 0.3) is 16.6 Å². The highest BCUT2D eigenvalue weighted by molar-refractivity contribution is 6.02. The Balaban J connectivity index is 1.64. The predicted octanol–water partition coefficient (Wildman–Crippen LogP) is 3.28. The van der Waals surface area contributed by atoms with Gasteiger partial charge >= 0.3 is 6.03 Å². The fourth-order valence-electron chi connectivity index (χ4n) is 3.48. The number of hydrogen-bond donors (Lipinski definition) is 4. The van der Waals surface area contributed by atoms with Gasteiger partial charge < -0.3 is 16.2 Å². The van der Waals surface area contributed by atoms with E-state index in [-0.39, 0.29) is 13.0 Å². The molecule has 0 radical (unpaired) electrons. The van der Waals surface area contributed by atoms with E-state index in [2.05, 4.69) is 15.6 Å². The Bertz CT molecular complexity index is 1250. The lowest BCUT2D eigenvalue weighted by molar-refractivity contribution is 0.0999. The van der Waals surface area contributed by atoms with Crippen molar-refractivity contribution in [1.82, 2.24) is 9.38 Å². The van der Waals surface area contributed by atoms with Crippen LogP contribution in [0.5, 0.6) is 0 Å². The summed E-state index contributed by atoms with van der Waals surface area (Å²) in [6, 6.07) is 17.9. The van der Waals surface area contributed by atoms with Gasteiger partial charge in [-0.3, -0.25) is 14.5 Å². The van der Waals surface area contributed by atoms with Gasteiger partial charge in [0.15, 0.2) is 0 Å². The molecule has 3 amide bonds. The molecule has 2 aromatic carbocycles. The minimum Gasteiger partial charge on any atom is -0.396 e. The number of carbonyl (C=O) groups excluding carboxylic acids is 2. The summed E-state index contributed by atoms with van der Waals surface area (Å²) >= 11 is 0. The molecule has 0 bridgehead atoms. The van der Waals surface area contributed by atoms with E-state index in [1.807, 2.05) is 42.5 Å². The van der Waals surface area contributed by atoms with Gasteiger partial charge in [-0.05, 0) is 47.9 Å². The molecule has 8 heteroatoms. The van der Waals surface area contributed by atoms with Gasteiger partial charge in [0.1, 0.15) is 12.1 Å². The SMILES string of the molecule is NC(=O)c1ccc(NC(=O)Nc2c(-c3ccccc3)ccc3cncn23)cc1CCO. The lowest BCUT2D eigenvalue weighted by Gasteiger charge is -2.15. The molecule has 0 aliphatic rings. The van der Waals surface area contributed by atoms with Crippen LogP contribution in [0.1, 0.15) is 15.9 Å². The average Bonchev–Trinajstić information content (AvgIpc) is 3.24. The second-order valence-electron chi connectivity index (χ2n) is 6.94. The number of imidazole rings is 1. The van der Waals surface area contributed by atoms with E-state index in [1.54, 1.807) is 29.1 Å². The largest absolute Gasteiger partial charge is 0.396 e. The van der Waals surface area contributed by atoms with Gasteiger partial charge in [-0.1, -0.05) is 30.3 Å². The molecule has 0 fully saturated rings. The number of nitrogens with zero attached hydrogens (tertiary/aromatic N) is 2. The quantitative estimate of drug-likeness (QED) is 0.386. The number of amides is 3. The molecule has 4 aromatic rings. The highest BCUT2D eigenvalue weighted by Gasteiger charge is 2.14. The Morgan fingerprint density at radius 2 is 1.84 bits per heavy atom. The number of nitrogens with two attached hydrogens (primary N) is 1. The Morgan fingerprint density at radius 3 is 2.58 bits per heavy atom. The molecular formula is C23H21N5O3. The van der Waals surface area contributed by atoms with E-state index in [1.165, 1.54) is 6.07 Å². The topological polar surface area (TPSA) is 122 Å². The Kier molecular flexibility index (Phi) is 5.63. The van der Waals surface area contributed by atoms with E-state index in [4.69, 9.17) is 5.73 Å². The van der Waals surface area contributed by atoms with Crippen molar-refractivity contribution in [2.24, 2.45) is 5.73 Å². The smallest absolute Gasteiger partial charge is 0.324 e. The number of primary amides is 1. The zero-order valence-electron chi connectivity index (χ0n) is 16.6. The summed E-state index contributed by atoms with van der Waals surface area (Å²) in [5.74, 6) is -0.0122. The zero-order chi connectivity index (χ0) is 21.8. The number of hydrogen-bond acceptors (Lipinski definition) is 4. The van der Waals surface area contributed by atoms with E-state index in [0.29, 0.717) is 22.6 Å². The minimum atomic E-state index is -0.585. The van der Waals surface area contributed by atoms with Gasteiger partial charge in [-0.2, -0.15) is 0 Å². The molecule has 5 N–H and O–H groups in total. The van der Waals surface area contributed by atoms with Crippen LogP contribution in [0.15, 0.2) is 73.2 Å². The third-order valence-corrected chi connectivity index (χ3v) is 4.91. The van der Waals surface area contributed by atoms with Crippen molar-refractivity contribution in [3.8, 4) is 11.1 Å². The van der Waals surface area contributed by atoms with Crippen LogP contribution < -0.4 is 16.4 Å². The van der Waals surface area contributed by atoms with E-state index in [9.17, 15) is 14.7 Å². The normalized spacial score (nSPS) is 10.7. The number of aliphatic hydroxyl groups is 1. The second kappa shape index (κ2) is 8.68. The molecule has 0 saturated heterocycles. The number of aliphatic hydroxyl groups excluding tert-OH is 1. The number of fused-ring (bicyclic) bond motifs is 1. The van der Waals surface area contributed by atoms with Crippen molar-refractivity contribution in [1.29, 1.82) is 0 Å². The molecule has 0 aliphatic heterocycles. The number of urea groups is 1. The number of nitrogens with one attached hydrogen (secondary N) is 2. The van der Waals surface area contributed by atoms with Crippen molar-refractivity contribution in [2.45, 2.75) is 6.42 Å². The van der Waals surface area contributed by atoms with Crippen molar-refractivity contribution in [3.63, 3.8) is 0 Å². The van der Waals surface area contributed by atoms with Crippen molar-refractivity contribution in [2.75, 3.05) is 17.2 Å². The summed E-state index contributed by atoms with van der Waals surface area (Å²) in [5.41, 5.74) is 9.37. The second-order valence-corrected chi connectivity index (χ2v) is 6.94. The Labute approximate surface area is 178 Å². The van der Waals surface area contributed by atoms with Gasteiger partial charge in [-0.15, -0.1) is 0 Å². The fourth-order valence-corrected chi connectivity index (χ4v) is 3.48. The maximum atomic E-state index is 12.8. The summed E-state index contributed by atoms with van der Waals surface area (Å²) in [4.78, 5) is 28.6. The van der Waals surface area contributed by atoms with Gasteiger partial charge in [0.05, 0.1) is 11.7 Å². The summed E-state index contributed by atoms with van der Waals surface area (Å²) in [5, 5.41) is 14.9. The number of pyridine rings is 1. The van der Waals surface area contributed by atoms with Crippen LogP contribution in [0, 0.1) is 0 Å². The molecular weight excluding hydrogens is 394 g/mol. The summed E-state index contributed by atoms with van der Waals surface area (Å²) < 4.78 is 1.80. The first-order valence-corrected chi connectivity index (χ1v) is 9.69. The number of anilines is 2. The maximum Gasteiger partial charge on any atom is 0.324 e. The fraction of sp³-hybridized carbons (Fsp3) is 0.0870. The Morgan fingerprint density at radius 1 is 1.03 bits per heavy atom. The minimum absolute atomic E-state index is 0.140. The highest BCUT2D eigenvalue weighted by atomic mass is 16.3. The summed E-state index contributed by atoms with van der Waals surface area (Å²) in [7, 11) is 0. The summed E-state index contributed by atoms with van der Waals surface area (Å²) in [6.07, 6.45) is 3.60. The molecule has 0 unspecified atom stereocenters. The van der Waals surface area contributed by atoms with E-state index >= 15 is 0 Å². The predicted molar refractivity (Wildman–Crippen MR) is 119 cm³/mol. The van der Waals surface area contributed by atoms with Crippen molar-refractivity contribution in [3.05, 3.63) is 84.3 Å². The monoisotopic (exact) mass is 415 g/mol. The van der Waals surface area contributed by atoms with E-state index in [0.717, 1.165) is 16.6 Å². The first-order valence-electron chi connectivity index (χ1n) is 9.69. The molecule has 2 heterocycles. The molecule has 156 valence electrons. The Hall–Kier alpha value is -4.17. The highest BCUT2D eigenvalue weighted by Crippen LogP contribution is 2.29. The standard InChI is InChI=1S/C23H21N5O3/c24-21(30)19-8-6-17(12-16(19)10-11-29)26-23(31)27-22-20(15-4-2-1-3-5-15)9-7-18-13-25-14-28(18)22/h1-9,12-14,29H,10-11H2,(H2,24,30)(H2,26,27,31). The number of aromatic nitrogens is 2. The molecule has 8 nitrogen and oxygen atoms in total. The third kappa shape index (κ3) is 4.24. The van der Waals surface area contributed by atoms with Gasteiger partial charge in [0.2, 0.25) is 5.91 Å². The van der Waals surface area contributed by atoms with E-state index < -0.39 is 11.9 Å². The van der Waals surface area contributed by atoms with Gasteiger partial charge in [0.25, 0.3) is 0 Å². The van der Waals surface area contributed by atoms with Crippen molar-refractivity contribution >= 4 is 29.0 Å². The van der Waals surface area contributed by atoms with Gasteiger partial charge in [0, 0.05) is 23.4 Å². The molecule has 0 atom stereocenters. The average molecular weight is 415 g/mol. The lowest BCUT2D eigenvalue weighted by atomic mass is 10.0. The molecule has 31 heavy (non-hydrogen) atoms.